The molecular weight excluding hydrogens is 346 g/mol. The molecule has 1 aromatic rings. The number of fused-ring (bicyclic) bond motifs is 1. The number of aryl methyl sites for hydroxylation is 1. The van der Waals surface area contributed by atoms with Gasteiger partial charge in [0.1, 0.15) is 6.10 Å². The van der Waals surface area contributed by atoms with Crippen LogP contribution < -0.4 is 5.32 Å². The Bertz CT molecular complexity index is 762. The highest BCUT2D eigenvalue weighted by Gasteiger charge is 2.64. The van der Waals surface area contributed by atoms with Gasteiger partial charge in [-0.2, -0.15) is 0 Å². The molecule has 3 fully saturated rings. The monoisotopic (exact) mass is 363 g/mol. The highest BCUT2D eigenvalue weighted by molar-refractivity contribution is 6.31. The average Bonchev–Trinajstić information content (AvgIpc) is 3.18. The predicted molar refractivity (Wildman–Crippen MR) is 88.9 cm³/mol. The number of carbonyl (C=O) groups is 3. The van der Waals surface area contributed by atoms with Crippen LogP contribution in [0.3, 0.4) is 0 Å². The topological polar surface area (TPSA) is 81.7 Å². The van der Waals surface area contributed by atoms with E-state index in [2.05, 4.69) is 5.32 Å². The summed E-state index contributed by atoms with van der Waals surface area (Å²) in [5.74, 6) is -1.82. The third kappa shape index (κ3) is 2.78. The molecule has 0 spiro atoms. The Morgan fingerprint density at radius 1 is 1.36 bits per heavy atom. The van der Waals surface area contributed by atoms with Crippen LogP contribution in [0.5, 0.6) is 0 Å². The minimum absolute atomic E-state index is 0.0267. The van der Waals surface area contributed by atoms with Crippen LogP contribution in [-0.4, -0.2) is 30.6 Å². The fraction of sp³-hybridized carbons (Fsp3) is 0.500. The molecule has 5 atom stereocenters. The van der Waals surface area contributed by atoms with Crippen LogP contribution in [-0.2, 0) is 23.9 Å². The van der Waals surface area contributed by atoms with Gasteiger partial charge < -0.3 is 14.8 Å². The van der Waals surface area contributed by atoms with Gasteiger partial charge in [-0.15, -0.1) is 0 Å². The van der Waals surface area contributed by atoms with E-state index in [1.54, 1.807) is 18.2 Å². The van der Waals surface area contributed by atoms with Crippen molar-refractivity contribution in [3.05, 3.63) is 28.8 Å². The summed E-state index contributed by atoms with van der Waals surface area (Å²) in [7, 11) is 0. The SMILES string of the molecule is Cc1ccc(NC(=O)COC(=O)[C@@H]2[C@@H]3C[C@@H]4[C@@H]2C(=O)O[C@@H]4C3)cc1Cl. The van der Waals surface area contributed by atoms with Crippen LogP contribution in [0.1, 0.15) is 18.4 Å². The molecule has 1 heterocycles. The number of esters is 2. The van der Waals surface area contributed by atoms with Crippen molar-refractivity contribution in [2.24, 2.45) is 23.7 Å². The number of amides is 1. The van der Waals surface area contributed by atoms with E-state index < -0.39 is 23.7 Å². The summed E-state index contributed by atoms with van der Waals surface area (Å²) in [6.45, 7) is 1.48. The number of halogens is 1. The lowest BCUT2D eigenvalue weighted by atomic mass is 9.80. The summed E-state index contributed by atoms with van der Waals surface area (Å²) in [4.78, 5) is 36.3. The van der Waals surface area contributed by atoms with Gasteiger partial charge in [0.2, 0.25) is 0 Å². The zero-order chi connectivity index (χ0) is 17.7. The molecule has 7 heteroatoms. The number of carbonyl (C=O) groups excluding carboxylic acids is 3. The van der Waals surface area contributed by atoms with Crippen molar-refractivity contribution in [3.63, 3.8) is 0 Å². The van der Waals surface area contributed by atoms with Crippen molar-refractivity contribution in [3.8, 4) is 0 Å². The van der Waals surface area contributed by atoms with Crippen molar-refractivity contribution in [2.75, 3.05) is 11.9 Å². The first kappa shape index (κ1) is 16.4. The normalized spacial score (nSPS) is 31.8. The van der Waals surface area contributed by atoms with E-state index in [0.29, 0.717) is 10.7 Å². The van der Waals surface area contributed by atoms with E-state index in [4.69, 9.17) is 21.1 Å². The summed E-state index contributed by atoms with van der Waals surface area (Å²) in [5, 5.41) is 3.19. The number of hydrogen-bond acceptors (Lipinski definition) is 5. The lowest BCUT2D eigenvalue weighted by molar-refractivity contribution is -0.157. The van der Waals surface area contributed by atoms with Gasteiger partial charge in [-0.3, -0.25) is 14.4 Å². The van der Waals surface area contributed by atoms with Gasteiger partial charge in [0.25, 0.3) is 5.91 Å². The molecule has 1 aromatic carbocycles. The second kappa shape index (κ2) is 6.02. The fourth-order valence-corrected chi connectivity index (χ4v) is 4.61. The van der Waals surface area contributed by atoms with Gasteiger partial charge in [0.15, 0.2) is 6.61 Å². The third-order valence-electron chi connectivity index (χ3n) is 5.56. The molecule has 2 bridgehead atoms. The Hall–Kier alpha value is -2.08. The third-order valence-corrected chi connectivity index (χ3v) is 5.96. The zero-order valence-corrected chi connectivity index (χ0v) is 14.4. The van der Waals surface area contributed by atoms with E-state index in [1.807, 2.05) is 6.92 Å². The van der Waals surface area contributed by atoms with E-state index in [0.717, 1.165) is 18.4 Å². The Morgan fingerprint density at radius 3 is 2.92 bits per heavy atom. The van der Waals surface area contributed by atoms with E-state index in [-0.39, 0.29) is 30.5 Å². The molecule has 2 aliphatic carbocycles. The first-order chi connectivity index (χ1) is 11.9. The van der Waals surface area contributed by atoms with Crippen LogP contribution in [0, 0.1) is 30.6 Å². The van der Waals surface area contributed by atoms with Crippen LogP contribution in [0.4, 0.5) is 5.69 Å². The highest BCUT2D eigenvalue weighted by Crippen LogP contribution is 2.57. The van der Waals surface area contributed by atoms with Crippen molar-refractivity contribution in [1.29, 1.82) is 0 Å². The van der Waals surface area contributed by atoms with E-state index in [1.165, 1.54) is 0 Å². The van der Waals surface area contributed by atoms with Crippen LogP contribution in [0.2, 0.25) is 5.02 Å². The van der Waals surface area contributed by atoms with Gasteiger partial charge in [-0.25, -0.2) is 0 Å². The number of anilines is 1. The van der Waals surface area contributed by atoms with E-state index in [9.17, 15) is 14.4 Å². The van der Waals surface area contributed by atoms with Gasteiger partial charge in [-0.05, 0) is 43.4 Å². The minimum Gasteiger partial charge on any atom is -0.462 e. The Kier molecular flexibility index (Phi) is 3.95. The zero-order valence-electron chi connectivity index (χ0n) is 13.7. The largest absolute Gasteiger partial charge is 0.462 e. The number of benzene rings is 1. The lowest BCUT2D eigenvalue weighted by Crippen LogP contribution is -2.34. The molecule has 1 aliphatic heterocycles. The van der Waals surface area contributed by atoms with Gasteiger partial charge in [0.05, 0.1) is 11.8 Å². The average molecular weight is 364 g/mol. The van der Waals surface area contributed by atoms with Crippen molar-refractivity contribution in [2.45, 2.75) is 25.9 Å². The van der Waals surface area contributed by atoms with E-state index >= 15 is 0 Å². The summed E-state index contributed by atoms with van der Waals surface area (Å²) >= 11 is 6.02. The Labute approximate surface area is 149 Å². The number of ether oxygens (including phenoxy) is 2. The number of hydrogen-bond donors (Lipinski definition) is 1. The van der Waals surface area contributed by atoms with Gasteiger partial charge in [0, 0.05) is 16.6 Å². The number of rotatable bonds is 4. The van der Waals surface area contributed by atoms with Gasteiger partial charge in [-0.1, -0.05) is 17.7 Å². The van der Waals surface area contributed by atoms with Crippen molar-refractivity contribution >= 4 is 35.1 Å². The van der Waals surface area contributed by atoms with Crippen molar-refractivity contribution < 1.29 is 23.9 Å². The van der Waals surface area contributed by atoms with Crippen LogP contribution in [0.15, 0.2) is 18.2 Å². The first-order valence-electron chi connectivity index (χ1n) is 8.37. The molecule has 2 saturated carbocycles. The van der Waals surface area contributed by atoms with Crippen molar-refractivity contribution in [1.82, 2.24) is 0 Å². The second-order valence-corrected chi connectivity index (χ2v) is 7.45. The molecule has 1 N–H and O–H groups in total. The number of nitrogens with one attached hydrogen (secondary N) is 1. The summed E-state index contributed by atoms with van der Waals surface area (Å²) in [6.07, 6.45) is 1.52. The standard InChI is InChI=1S/C18H18ClNO5/c1-8-2-3-10(6-12(8)19)20-14(21)7-24-17(22)15-9-4-11-13(5-9)25-18(23)16(11)15/h2-3,6,9,11,13,15-16H,4-5,7H2,1H3,(H,20,21)/t9-,11+,13-,15-,16+/m1/s1. The quantitative estimate of drug-likeness (QED) is 0.830. The maximum Gasteiger partial charge on any atom is 0.310 e. The maximum absolute atomic E-state index is 12.4. The summed E-state index contributed by atoms with van der Waals surface area (Å²) in [5.41, 5.74) is 1.45. The molecule has 25 heavy (non-hydrogen) atoms. The Balaban J connectivity index is 1.34. The molecule has 4 rings (SSSR count). The molecule has 6 nitrogen and oxygen atoms in total. The molecule has 0 unspecified atom stereocenters. The molecular formula is C18H18ClNO5. The lowest BCUT2D eigenvalue weighted by Gasteiger charge is -2.22. The molecule has 0 aromatic heterocycles. The summed E-state index contributed by atoms with van der Waals surface area (Å²) in [6, 6.07) is 5.16. The fourth-order valence-electron chi connectivity index (χ4n) is 4.43. The first-order valence-corrected chi connectivity index (χ1v) is 8.75. The molecule has 132 valence electrons. The predicted octanol–water partition coefficient (Wildman–Crippen LogP) is 2.33. The second-order valence-electron chi connectivity index (χ2n) is 7.04. The maximum atomic E-state index is 12.4. The molecule has 1 amide bonds. The van der Waals surface area contributed by atoms with Crippen LogP contribution >= 0.6 is 11.6 Å². The van der Waals surface area contributed by atoms with Gasteiger partial charge >= 0.3 is 11.9 Å². The molecule has 0 radical (unpaired) electrons. The smallest absolute Gasteiger partial charge is 0.310 e. The Morgan fingerprint density at radius 2 is 2.16 bits per heavy atom. The molecule has 1 saturated heterocycles. The summed E-state index contributed by atoms with van der Waals surface area (Å²) < 4.78 is 10.5. The molecule has 3 aliphatic rings. The minimum atomic E-state index is -0.480. The highest BCUT2D eigenvalue weighted by atomic mass is 35.5. The van der Waals surface area contributed by atoms with Crippen LogP contribution in [0.25, 0.3) is 0 Å².